The summed E-state index contributed by atoms with van der Waals surface area (Å²) in [4.78, 5) is 21.8. The average Bonchev–Trinajstić information content (AvgIpc) is 2.96. The molecule has 0 aliphatic carbocycles. The Morgan fingerprint density at radius 2 is 2.25 bits per heavy atom. The van der Waals surface area contributed by atoms with Crippen LogP contribution in [-0.2, 0) is 4.79 Å². The van der Waals surface area contributed by atoms with E-state index < -0.39 is 6.10 Å². The Kier molecular flexibility index (Phi) is 5.21. The van der Waals surface area contributed by atoms with Gasteiger partial charge in [0, 0.05) is 22.7 Å². The summed E-state index contributed by atoms with van der Waals surface area (Å²) in [5.74, 6) is 0.285. The van der Waals surface area contributed by atoms with Crippen molar-refractivity contribution in [2.45, 2.75) is 20.0 Å². The van der Waals surface area contributed by atoms with Crippen LogP contribution in [0.15, 0.2) is 30.6 Å². The molecule has 124 valence electrons. The van der Waals surface area contributed by atoms with Crippen LogP contribution in [0.25, 0.3) is 10.9 Å². The van der Waals surface area contributed by atoms with Crippen molar-refractivity contribution in [1.29, 1.82) is 0 Å². The van der Waals surface area contributed by atoms with Gasteiger partial charge in [0.2, 0.25) is 0 Å². The molecule has 0 fully saturated rings. The zero-order chi connectivity index (χ0) is 17.3. The SMILES string of the molecule is Cc1cnc(NC(=O)[C@@H](C)Oc2c(I)cc(Cl)c3cccnc23)s1. The minimum absolute atomic E-state index is 0.265. The smallest absolute Gasteiger partial charge is 0.266 e. The van der Waals surface area contributed by atoms with Crippen molar-refractivity contribution >= 4 is 67.5 Å². The van der Waals surface area contributed by atoms with Crippen molar-refractivity contribution in [3.63, 3.8) is 0 Å². The number of carbonyl (C=O) groups is 1. The lowest BCUT2D eigenvalue weighted by Gasteiger charge is -2.16. The highest BCUT2D eigenvalue weighted by Gasteiger charge is 2.20. The quantitative estimate of drug-likeness (QED) is 0.560. The molecule has 2 aromatic heterocycles. The summed E-state index contributed by atoms with van der Waals surface area (Å²) in [6.45, 7) is 3.62. The summed E-state index contributed by atoms with van der Waals surface area (Å²) >= 11 is 9.80. The van der Waals surface area contributed by atoms with E-state index in [2.05, 4.69) is 37.9 Å². The van der Waals surface area contributed by atoms with Gasteiger partial charge in [-0.3, -0.25) is 15.1 Å². The number of nitrogens with one attached hydrogen (secondary N) is 1. The molecule has 1 atom stereocenters. The number of halogens is 2. The van der Waals surface area contributed by atoms with Gasteiger partial charge in [-0.15, -0.1) is 11.3 Å². The van der Waals surface area contributed by atoms with E-state index in [4.69, 9.17) is 16.3 Å². The Hall–Kier alpha value is -1.45. The van der Waals surface area contributed by atoms with E-state index in [-0.39, 0.29) is 5.91 Å². The third-order valence-electron chi connectivity index (χ3n) is 3.27. The monoisotopic (exact) mass is 473 g/mol. The number of aryl methyl sites for hydroxylation is 1. The maximum atomic E-state index is 12.3. The van der Waals surface area contributed by atoms with E-state index in [0.717, 1.165) is 13.8 Å². The van der Waals surface area contributed by atoms with Crippen molar-refractivity contribution in [2.75, 3.05) is 5.32 Å². The maximum Gasteiger partial charge on any atom is 0.266 e. The fourth-order valence-electron chi connectivity index (χ4n) is 2.11. The maximum absolute atomic E-state index is 12.3. The third kappa shape index (κ3) is 3.62. The number of nitrogens with zero attached hydrogens (tertiary/aromatic N) is 2. The molecule has 2 heterocycles. The lowest BCUT2D eigenvalue weighted by Crippen LogP contribution is -2.30. The first kappa shape index (κ1) is 17.4. The number of aromatic nitrogens is 2. The molecule has 0 aliphatic heterocycles. The molecule has 1 amide bonds. The number of hydrogen-bond acceptors (Lipinski definition) is 5. The first-order valence-electron chi connectivity index (χ1n) is 7.08. The molecule has 0 radical (unpaired) electrons. The summed E-state index contributed by atoms with van der Waals surface area (Å²) in [5, 5.41) is 4.71. The number of anilines is 1. The standard InChI is InChI=1S/C16H13ClIN3O2S/c1-8-7-20-16(24-8)21-15(22)9(2)23-14-12(18)6-11(17)10-4-3-5-19-13(10)14/h3-7,9H,1-2H3,(H,20,21,22)/t9-/m1/s1. The van der Waals surface area contributed by atoms with Crippen molar-refractivity contribution < 1.29 is 9.53 Å². The van der Waals surface area contributed by atoms with E-state index in [1.807, 2.05) is 19.1 Å². The first-order chi connectivity index (χ1) is 11.5. The highest BCUT2D eigenvalue weighted by Crippen LogP contribution is 2.35. The van der Waals surface area contributed by atoms with Gasteiger partial charge < -0.3 is 4.74 Å². The Morgan fingerprint density at radius 3 is 2.96 bits per heavy atom. The number of fused-ring (bicyclic) bond motifs is 1. The number of rotatable bonds is 4. The second-order valence-corrected chi connectivity index (χ2v) is 7.90. The van der Waals surface area contributed by atoms with Gasteiger partial charge in [-0.05, 0) is 54.6 Å². The fourth-order valence-corrected chi connectivity index (χ4v) is 3.92. The predicted molar refractivity (Wildman–Crippen MR) is 105 cm³/mol. The highest BCUT2D eigenvalue weighted by atomic mass is 127. The molecular weight excluding hydrogens is 461 g/mol. The molecule has 0 bridgehead atoms. The van der Waals surface area contributed by atoms with E-state index >= 15 is 0 Å². The van der Waals surface area contributed by atoms with E-state index in [9.17, 15) is 4.79 Å². The highest BCUT2D eigenvalue weighted by molar-refractivity contribution is 14.1. The third-order valence-corrected chi connectivity index (χ3v) is 5.21. The summed E-state index contributed by atoms with van der Waals surface area (Å²) in [6, 6.07) is 5.48. The molecule has 1 N–H and O–H groups in total. The van der Waals surface area contributed by atoms with Crippen LogP contribution in [-0.4, -0.2) is 22.0 Å². The second kappa shape index (κ2) is 7.20. The van der Waals surface area contributed by atoms with Gasteiger partial charge in [0.25, 0.3) is 5.91 Å². The van der Waals surface area contributed by atoms with Crippen molar-refractivity contribution in [1.82, 2.24) is 9.97 Å². The van der Waals surface area contributed by atoms with Crippen LogP contribution in [0.4, 0.5) is 5.13 Å². The predicted octanol–water partition coefficient (Wildman–Crippen LogP) is 4.66. The molecule has 0 saturated carbocycles. The zero-order valence-electron chi connectivity index (χ0n) is 12.8. The van der Waals surface area contributed by atoms with Crippen LogP contribution in [0, 0.1) is 10.5 Å². The normalized spacial score (nSPS) is 12.2. The molecule has 0 unspecified atom stereocenters. The molecule has 5 nitrogen and oxygen atoms in total. The van der Waals surface area contributed by atoms with Gasteiger partial charge in [-0.2, -0.15) is 0 Å². The lowest BCUT2D eigenvalue weighted by molar-refractivity contribution is -0.122. The molecule has 1 aromatic carbocycles. The number of amides is 1. The lowest BCUT2D eigenvalue weighted by atomic mass is 10.2. The molecule has 3 rings (SSSR count). The molecular formula is C16H13ClIN3O2S. The summed E-state index contributed by atoms with van der Waals surface area (Å²) in [7, 11) is 0. The molecule has 0 aliphatic rings. The number of ether oxygens (including phenoxy) is 1. The minimum atomic E-state index is -0.700. The van der Waals surface area contributed by atoms with Crippen LogP contribution in [0.2, 0.25) is 5.02 Å². The topological polar surface area (TPSA) is 64.1 Å². The largest absolute Gasteiger partial charge is 0.477 e. The van der Waals surface area contributed by atoms with Crippen LogP contribution in [0.3, 0.4) is 0 Å². The van der Waals surface area contributed by atoms with E-state index in [1.54, 1.807) is 25.4 Å². The number of pyridine rings is 1. The van der Waals surface area contributed by atoms with Gasteiger partial charge in [0.05, 0.1) is 8.59 Å². The van der Waals surface area contributed by atoms with Crippen LogP contribution in [0.1, 0.15) is 11.8 Å². The van der Waals surface area contributed by atoms with E-state index in [0.29, 0.717) is 21.4 Å². The Bertz CT molecular complexity index is 915. The molecule has 3 aromatic rings. The number of benzene rings is 1. The van der Waals surface area contributed by atoms with Gasteiger partial charge >= 0.3 is 0 Å². The van der Waals surface area contributed by atoms with Gasteiger partial charge in [-0.25, -0.2) is 4.98 Å². The number of carbonyl (C=O) groups excluding carboxylic acids is 1. The molecule has 0 spiro atoms. The van der Waals surface area contributed by atoms with Crippen LogP contribution < -0.4 is 10.1 Å². The van der Waals surface area contributed by atoms with Crippen LogP contribution in [0.5, 0.6) is 5.75 Å². The van der Waals surface area contributed by atoms with Crippen molar-refractivity contribution in [2.24, 2.45) is 0 Å². The molecule has 24 heavy (non-hydrogen) atoms. The average molecular weight is 474 g/mol. The van der Waals surface area contributed by atoms with Crippen molar-refractivity contribution in [3.8, 4) is 5.75 Å². The fraction of sp³-hybridized carbons (Fsp3) is 0.188. The Balaban J connectivity index is 1.85. The summed E-state index contributed by atoms with van der Waals surface area (Å²) in [5.41, 5.74) is 0.638. The van der Waals surface area contributed by atoms with Gasteiger partial charge in [0.15, 0.2) is 17.0 Å². The van der Waals surface area contributed by atoms with E-state index in [1.165, 1.54) is 11.3 Å². The zero-order valence-corrected chi connectivity index (χ0v) is 16.6. The number of hydrogen-bond donors (Lipinski definition) is 1. The summed E-state index contributed by atoms with van der Waals surface area (Å²) in [6.07, 6.45) is 2.69. The number of thiazole rings is 1. The van der Waals surface area contributed by atoms with Gasteiger partial charge in [0.1, 0.15) is 5.52 Å². The van der Waals surface area contributed by atoms with Gasteiger partial charge in [-0.1, -0.05) is 11.6 Å². The van der Waals surface area contributed by atoms with Crippen LogP contribution >= 0.6 is 45.5 Å². The molecule has 0 saturated heterocycles. The second-order valence-electron chi connectivity index (χ2n) is 5.09. The first-order valence-corrected chi connectivity index (χ1v) is 9.35. The molecule has 8 heteroatoms. The summed E-state index contributed by atoms with van der Waals surface area (Å²) < 4.78 is 6.69. The minimum Gasteiger partial charge on any atom is -0.477 e. The Morgan fingerprint density at radius 1 is 1.46 bits per heavy atom. The Labute approximate surface area is 161 Å². The van der Waals surface area contributed by atoms with Crippen molar-refractivity contribution in [3.05, 3.63) is 44.1 Å².